The molecule has 8 nitrogen and oxygen atoms in total. The van der Waals surface area contributed by atoms with Crippen LogP contribution in [-0.4, -0.2) is 51.5 Å². The van der Waals surface area contributed by atoms with Gasteiger partial charge in [-0.2, -0.15) is 0 Å². The van der Waals surface area contributed by atoms with Crippen molar-refractivity contribution < 1.29 is 22.7 Å². The summed E-state index contributed by atoms with van der Waals surface area (Å²) in [6.45, 7) is 7.98. The number of alkyl halides is 3. The lowest BCUT2D eigenvalue weighted by atomic mass is 9.95. The highest BCUT2D eigenvalue weighted by molar-refractivity contribution is 8.00. The second-order valence-electron chi connectivity index (χ2n) is 11.8. The zero-order chi connectivity index (χ0) is 33.4. The SMILES string of the molecule is CCCc1ccc(C)cc1N1CCCSC1NC(=O)NCCCC(C)c1ccc(-c2ncn(-c3ccc(OC(F)(F)F)cc3)n2)cc1. The van der Waals surface area contributed by atoms with Gasteiger partial charge in [0.25, 0.3) is 0 Å². The van der Waals surface area contributed by atoms with E-state index in [1.165, 1.54) is 57.7 Å². The molecule has 1 aliphatic heterocycles. The fourth-order valence-corrected chi connectivity index (χ4v) is 6.75. The average molecular weight is 667 g/mol. The molecule has 3 aromatic carbocycles. The van der Waals surface area contributed by atoms with Gasteiger partial charge in [-0.1, -0.05) is 56.7 Å². The molecule has 1 aliphatic rings. The maximum atomic E-state index is 12.9. The third-order valence-corrected chi connectivity index (χ3v) is 9.30. The number of benzene rings is 3. The van der Waals surface area contributed by atoms with Gasteiger partial charge in [0.1, 0.15) is 12.1 Å². The van der Waals surface area contributed by atoms with Crippen LogP contribution < -0.4 is 20.3 Å². The Morgan fingerprint density at radius 3 is 2.60 bits per heavy atom. The Hall–Kier alpha value is -4.19. The number of aryl methyl sites for hydroxylation is 2. The minimum Gasteiger partial charge on any atom is -0.406 e. The summed E-state index contributed by atoms with van der Waals surface area (Å²) in [4.78, 5) is 19.6. The summed E-state index contributed by atoms with van der Waals surface area (Å²) in [5.41, 5.74) is 6.24. The van der Waals surface area contributed by atoms with Gasteiger partial charge in [0.15, 0.2) is 11.3 Å². The minimum atomic E-state index is -4.74. The highest BCUT2D eigenvalue weighted by atomic mass is 32.2. The molecule has 0 saturated carbocycles. The average Bonchev–Trinajstić information content (AvgIpc) is 3.54. The van der Waals surface area contributed by atoms with E-state index in [1.807, 2.05) is 12.1 Å². The molecule has 2 atom stereocenters. The van der Waals surface area contributed by atoms with E-state index in [2.05, 4.69) is 81.5 Å². The third-order valence-electron chi connectivity index (χ3n) is 8.09. The number of halogens is 3. The van der Waals surface area contributed by atoms with Crippen molar-refractivity contribution in [2.45, 2.75) is 70.7 Å². The minimum absolute atomic E-state index is 0.0992. The molecule has 1 saturated heterocycles. The van der Waals surface area contributed by atoms with Crippen molar-refractivity contribution >= 4 is 23.5 Å². The Kier molecular flexibility index (Phi) is 11.3. The number of thioether (sulfide) groups is 1. The fourth-order valence-electron chi connectivity index (χ4n) is 5.65. The molecule has 2 unspecified atom stereocenters. The Balaban J connectivity index is 1.09. The lowest BCUT2D eigenvalue weighted by Crippen LogP contribution is -2.52. The second kappa shape index (κ2) is 15.6. The molecule has 2 N–H and O–H groups in total. The van der Waals surface area contributed by atoms with Crippen LogP contribution in [0, 0.1) is 6.92 Å². The monoisotopic (exact) mass is 666 g/mol. The highest BCUT2D eigenvalue weighted by Crippen LogP contribution is 2.32. The number of urea groups is 1. The zero-order valence-corrected chi connectivity index (χ0v) is 27.7. The van der Waals surface area contributed by atoms with Crippen LogP contribution in [0.2, 0.25) is 0 Å². The first-order valence-corrected chi connectivity index (χ1v) is 17.0. The number of nitrogens with zero attached hydrogens (tertiary/aromatic N) is 4. The molecule has 0 aliphatic carbocycles. The lowest BCUT2D eigenvalue weighted by molar-refractivity contribution is -0.274. The number of amides is 2. The van der Waals surface area contributed by atoms with Crippen LogP contribution in [0.1, 0.15) is 62.1 Å². The largest absolute Gasteiger partial charge is 0.573 e. The maximum absolute atomic E-state index is 12.9. The molecule has 1 fully saturated rings. The van der Waals surface area contributed by atoms with E-state index < -0.39 is 6.36 Å². The molecular weight excluding hydrogens is 625 g/mol. The number of ether oxygens (including phenoxy) is 1. The van der Waals surface area contributed by atoms with E-state index in [0.717, 1.165) is 50.0 Å². The normalized spacial score (nSPS) is 15.7. The highest BCUT2D eigenvalue weighted by Gasteiger charge is 2.31. The first kappa shape index (κ1) is 34.2. The van der Waals surface area contributed by atoms with Crippen molar-refractivity contribution in [1.29, 1.82) is 0 Å². The molecule has 0 bridgehead atoms. The van der Waals surface area contributed by atoms with Crippen molar-refractivity contribution in [1.82, 2.24) is 25.4 Å². The van der Waals surface area contributed by atoms with Crippen LogP contribution in [0.3, 0.4) is 0 Å². The van der Waals surface area contributed by atoms with E-state index in [4.69, 9.17) is 0 Å². The topological polar surface area (TPSA) is 84.3 Å². The zero-order valence-electron chi connectivity index (χ0n) is 26.9. The number of hydrogen-bond acceptors (Lipinski definition) is 6. The summed E-state index contributed by atoms with van der Waals surface area (Å²) < 4.78 is 42.7. The molecular formula is C35H41F3N6O2S. The van der Waals surface area contributed by atoms with Gasteiger partial charge in [0, 0.05) is 24.3 Å². The summed E-state index contributed by atoms with van der Waals surface area (Å²) in [5.74, 6) is 1.52. The molecule has 4 aromatic rings. The van der Waals surface area contributed by atoms with Gasteiger partial charge in [-0.25, -0.2) is 14.5 Å². The number of carbonyl (C=O) groups excluding carboxylic acids is 1. The summed E-state index contributed by atoms with van der Waals surface area (Å²) in [7, 11) is 0. The summed E-state index contributed by atoms with van der Waals surface area (Å²) in [5, 5.41) is 10.7. The third kappa shape index (κ3) is 9.43. The molecule has 250 valence electrons. The first-order valence-electron chi connectivity index (χ1n) is 16.0. The number of rotatable bonds is 12. The molecule has 5 rings (SSSR count). The van der Waals surface area contributed by atoms with Crippen LogP contribution in [0.4, 0.5) is 23.7 Å². The van der Waals surface area contributed by atoms with E-state index in [-0.39, 0.29) is 17.3 Å². The van der Waals surface area contributed by atoms with Gasteiger partial charge in [-0.3, -0.25) is 0 Å². The first-order chi connectivity index (χ1) is 22.6. The smallest absolute Gasteiger partial charge is 0.406 e. The van der Waals surface area contributed by atoms with Crippen molar-refractivity contribution in [2.24, 2.45) is 0 Å². The quantitative estimate of drug-likeness (QED) is 0.148. The van der Waals surface area contributed by atoms with Crippen molar-refractivity contribution in [2.75, 3.05) is 23.7 Å². The molecule has 0 spiro atoms. The Bertz CT molecular complexity index is 1610. The second-order valence-corrected chi connectivity index (χ2v) is 13.0. The number of aromatic nitrogens is 3. The predicted octanol–water partition coefficient (Wildman–Crippen LogP) is 8.20. The molecule has 1 aromatic heterocycles. The number of anilines is 1. The summed E-state index contributed by atoms with van der Waals surface area (Å²) in [6, 6.07) is 20.0. The molecule has 12 heteroatoms. The molecule has 2 heterocycles. The van der Waals surface area contributed by atoms with Crippen LogP contribution >= 0.6 is 11.8 Å². The van der Waals surface area contributed by atoms with Crippen LogP contribution in [-0.2, 0) is 6.42 Å². The van der Waals surface area contributed by atoms with Gasteiger partial charge < -0.3 is 20.3 Å². The van der Waals surface area contributed by atoms with Gasteiger partial charge in [0.2, 0.25) is 0 Å². The summed E-state index contributed by atoms with van der Waals surface area (Å²) >= 11 is 1.78. The predicted molar refractivity (Wildman–Crippen MR) is 181 cm³/mol. The van der Waals surface area contributed by atoms with Crippen molar-refractivity contribution in [3.05, 3.63) is 89.7 Å². The molecule has 2 amide bonds. The van der Waals surface area contributed by atoms with Gasteiger partial charge in [-0.05, 0) is 91.3 Å². The standard InChI is InChI=1S/C35H41F3N6O2S/c1-4-7-27-10-9-24(2)22-31(27)43-20-6-21-47-34(43)41-33(45)39-19-5-8-25(3)26-11-13-28(14-12-26)32-40-23-44(42-32)29-15-17-30(18-16-29)46-35(36,37)38/h9-18,22-23,25,34H,4-8,19-21H2,1-3H3,(H2,39,41,45). The van der Waals surface area contributed by atoms with Crippen LogP contribution in [0.25, 0.3) is 17.1 Å². The maximum Gasteiger partial charge on any atom is 0.573 e. The van der Waals surface area contributed by atoms with E-state index >= 15 is 0 Å². The van der Waals surface area contributed by atoms with Gasteiger partial charge in [-0.15, -0.1) is 30.0 Å². The van der Waals surface area contributed by atoms with Crippen molar-refractivity contribution in [3.63, 3.8) is 0 Å². The van der Waals surface area contributed by atoms with Crippen molar-refractivity contribution in [3.8, 4) is 22.8 Å². The molecule has 0 radical (unpaired) electrons. The van der Waals surface area contributed by atoms with Crippen LogP contribution in [0.15, 0.2) is 73.1 Å². The van der Waals surface area contributed by atoms with Crippen LogP contribution in [0.5, 0.6) is 5.75 Å². The molecule has 47 heavy (non-hydrogen) atoms. The van der Waals surface area contributed by atoms with Gasteiger partial charge >= 0.3 is 12.4 Å². The Morgan fingerprint density at radius 2 is 1.87 bits per heavy atom. The van der Waals surface area contributed by atoms with E-state index in [0.29, 0.717) is 24.0 Å². The number of nitrogens with one attached hydrogen (secondary N) is 2. The Morgan fingerprint density at radius 1 is 1.11 bits per heavy atom. The Labute approximate surface area is 278 Å². The number of hydrogen-bond donors (Lipinski definition) is 2. The van der Waals surface area contributed by atoms with E-state index in [1.54, 1.807) is 11.8 Å². The lowest BCUT2D eigenvalue weighted by Gasteiger charge is -2.38. The fraction of sp³-hybridized carbons (Fsp3) is 0.400. The van der Waals surface area contributed by atoms with Gasteiger partial charge in [0.05, 0.1) is 5.69 Å². The number of carbonyl (C=O) groups is 1. The van der Waals surface area contributed by atoms with E-state index in [9.17, 15) is 18.0 Å². The summed E-state index contributed by atoms with van der Waals surface area (Å²) in [6.07, 6.45) is 1.72.